The van der Waals surface area contributed by atoms with E-state index < -0.39 is 14.3 Å². The van der Waals surface area contributed by atoms with Crippen LogP contribution in [-0.4, -0.2) is 39.3 Å². The van der Waals surface area contributed by atoms with Crippen molar-refractivity contribution < 1.29 is 28.3 Å². The van der Waals surface area contributed by atoms with Gasteiger partial charge in [0.2, 0.25) is 8.32 Å². The van der Waals surface area contributed by atoms with Crippen LogP contribution in [-0.2, 0) is 28.3 Å². The van der Waals surface area contributed by atoms with E-state index in [1.54, 1.807) is 6.92 Å². The van der Waals surface area contributed by atoms with Gasteiger partial charge in [-0.05, 0) is 68.8 Å². The Hall–Kier alpha value is -2.15. The van der Waals surface area contributed by atoms with Crippen LogP contribution in [0, 0.1) is 17.8 Å². The van der Waals surface area contributed by atoms with E-state index >= 15 is 0 Å². The minimum atomic E-state index is -2.03. The van der Waals surface area contributed by atoms with Crippen LogP contribution in [0.25, 0.3) is 0 Å². The quantitative estimate of drug-likeness (QED) is 0.126. The Morgan fingerprint density at radius 1 is 1.06 bits per heavy atom. The van der Waals surface area contributed by atoms with E-state index in [0.29, 0.717) is 18.1 Å². The zero-order valence-electron chi connectivity index (χ0n) is 22.7. The predicted molar refractivity (Wildman–Crippen MR) is 138 cm³/mol. The van der Waals surface area contributed by atoms with Crippen molar-refractivity contribution in [3.8, 4) is 0 Å². The van der Waals surface area contributed by atoms with E-state index in [1.165, 1.54) is 20.1 Å². The first kappa shape index (κ1) is 29.9. The summed E-state index contributed by atoms with van der Waals surface area (Å²) in [4.78, 5) is 36.4. The number of rotatable bonds is 9. The topological polar surface area (TPSA) is 78.9 Å². The van der Waals surface area contributed by atoms with E-state index in [0.717, 1.165) is 12.0 Å². The van der Waals surface area contributed by atoms with Gasteiger partial charge in [0.1, 0.15) is 6.10 Å². The Kier molecular flexibility index (Phi) is 10.5. The van der Waals surface area contributed by atoms with E-state index in [-0.39, 0.29) is 46.7 Å². The second kappa shape index (κ2) is 12.0. The molecule has 192 valence electrons. The number of allylic oxidation sites excluding steroid dienone is 3. The average Bonchev–Trinajstić information content (AvgIpc) is 2.66. The van der Waals surface area contributed by atoms with Crippen molar-refractivity contribution in [2.24, 2.45) is 17.8 Å². The van der Waals surface area contributed by atoms with Gasteiger partial charge in [0.25, 0.3) is 0 Å². The molecule has 0 unspecified atom stereocenters. The maximum Gasteiger partial charge on any atom is 0.333 e. The number of carbonyl (C=O) groups excluding carboxylic acids is 3. The Morgan fingerprint density at radius 3 is 2.15 bits per heavy atom. The maximum atomic E-state index is 12.9. The standard InChI is InChI=1S/C27H44O6Si/c1-17-12-23(18(2)14-20(4)33-34(10,11)27(6,7)8)24(25(13-17)32-21(5)28)16-22(29)15-19(3)26(30)31-9/h14-15,17,23-25H,4,12-13,16H2,1-3,5-11H3/b18-14+,19-15+/t17-,23+,24+,25-/m1/s1. The van der Waals surface area contributed by atoms with Crippen molar-refractivity contribution in [2.45, 2.75) is 92.0 Å². The summed E-state index contributed by atoms with van der Waals surface area (Å²) in [5.74, 6) is -0.315. The van der Waals surface area contributed by atoms with E-state index in [2.05, 4.69) is 47.4 Å². The van der Waals surface area contributed by atoms with Crippen molar-refractivity contribution in [1.29, 1.82) is 0 Å². The molecule has 0 aromatic carbocycles. The highest BCUT2D eigenvalue weighted by Gasteiger charge is 2.41. The number of ether oxygens (including phenoxy) is 2. The molecule has 7 heteroatoms. The lowest BCUT2D eigenvalue weighted by Crippen LogP contribution is -2.41. The van der Waals surface area contributed by atoms with Gasteiger partial charge in [-0.2, -0.15) is 0 Å². The summed E-state index contributed by atoms with van der Waals surface area (Å²) in [6.07, 6.45) is 4.66. The molecule has 0 spiro atoms. The number of methoxy groups -OCH3 is 1. The van der Waals surface area contributed by atoms with Crippen molar-refractivity contribution in [2.75, 3.05) is 7.11 Å². The molecule has 34 heavy (non-hydrogen) atoms. The summed E-state index contributed by atoms with van der Waals surface area (Å²) in [7, 11) is -0.744. The molecule has 1 rings (SSSR count). The van der Waals surface area contributed by atoms with Crippen molar-refractivity contribution in [3.63, 3.8) is 0 Å². The molecule has 1 fully saturated rings. The summed E-state index contributed by atoms with van der Waals surface area (Å²) >= 11 is 0. The summed E-state index contributed by atoms with van der Waals surface area (Å²) in [6, 6.07) is 0. The minimum absolute atomic E-state index is 0.0173. The zero-order chi connectivity index (χ0) is 26.4. The van der Waals surface area contributed by atoms with Crippen molar-refractivity contribution in [1.82, 2.24) is 0 Å². The lowest BCUT2D eigenvalue weighted by atomic mass is 9.68. The van der Waals surface area contributed by atoms with Crippen LogP contribution in [0.1, 0.15) is 67.7 Å². The first-order chi connectivity index (χ1) is 15.5. The number of hydrogen-bond acceptors (Lipinski definition) is 6. The van der Waals surface area contributed by atoms with Crippen LogP contribution in [0.5, 0.6) is 0 Å². The van der Waals surface area contributed by atoms with Gasteiger partial charge >= 0.3 is 11.9 Å². The molecule has 4 atom stereocenters. The Morgan fingerprint density at radius 2 is 1.65 bits per heavy atom. The van der Waals surface area contributed by atoms with Gasteiger partial charge in [-0.1, -0.05) is 39.8 Å². The molecule has 1 aliphatic carbocycles. The van der Waals surface area contributed by atoms with Crippen LogP contribution >= 0.6 is 0 Å². The normalized spacial score (nSPS) is 24.3. The number of carbonyl (C=O) groups is 3. The number of hydrogen-bond donors (Lipinski definition) is 0. The lowest BCUT2D eigenvalue weighted by molar-refractivity contribution is -0.154. The summed E-state index contributed by atoms with van der Waals surface area (Å²) in [6.45, 7) is 22.2. The fraction of sp³-hybridized carbons (Fsp3) is 0.667. The highest BCUT2D eigenvalue weighted by molar-refractivity contribution is 6.74. The molecule has 6 nitrogen and oxygen atoms in total. The molecule has 0 saturated heterocycles. The van der Waals surface area contributed by atoms with Gasteiger partial charge in [-0.25, -0.2) is 4.79 Å². The van der Waals surface area contributed by atoms with E-state index in [9.17, 15) is 14.4 Å². The summed E-state index contributed by atoms with van der Waals surface area (Å²) < 4.78 is 16.7. The molecule has 0 heterocycles. The van der Waals surface area contributed by atoms with Crippen molar-refractivity contribution in [3.05, 3.63) is 35.6 Å². The predicted octanol–water partition coefficient (Wildman–Crippen LogP) is 6.14. The minimum Gasteiger partial charge on any atom is -0.544 e. The molecular weight excluding hydrogens is 448 g/mol. The van der Waals surface area contributed by atoms with Gasteiger partial charge in [0.15, 0.2) is 5.78 Å². The number of esters is 2. The fourth-order valence-corrected chi connectivity index (χ4v) is 5.33. The van der Waals surface area contributed by atoms with Crippen LogP contribution in [0.2, 0.25) is 18.1 Å². The zero-order valence-corrected chi connectivity index (χ0v) is 23.7. The third-order valence-electron chi connectivity index (χ3n) is 7.09. The monoisotopic (exact) mass is 492 g/mol. The van der Waals surface area contributed by atoms with Crippen molar-refractivity contribution >= 4 is 26.0 Å². The summed E-state index contributed by atoms with van der Waals surface area (Å²) in [5.41, 5.74) is 1.31. The average molecular weight is 493 g/mol. The molecule has 0 N–H and O–H groups in total. The van der Waals surface area contributed by atoms with Gasteiger partial charge < -0.3 is 13.9 Å². The molecule has 0 aromatic rings. The molecule has 0 aliphatic heterocycles. The maximum absolute atomic E-state index is 12.9. The molecule has 0 bridgehead atoms. The fourth-order valence-electron chi connectivity index (χ4n) is 4.30. The summed E-state index contributed by atoms with van der Waals surface area (Å²) in [5, 5.41) is 0.0518. The molecule has 0 amide bonds. The van der Waals surface area contributed by atoms with Gasteiger partial charge in [-0.15, -0.1) is 0 Å². The van der Waals surface area contributed by atoms with Gasteiger partial charge in [-0.3, -0.25) is 9.59 Å². The van der Waals surface area contributed by atoms with Crippen LogP contribution < -0.4 is 0 Å². The van der Waals surface area contributed by atoms with E-state index in [4.69, 9.17) is 13.9 Å². The largest absolute Gasteiger partial charge is 0.544 e. The molecule has 1 saturated carbocycles. The highest BCUT2D eigenvalue weighted by Crippen LogP contribution is 2.43. The van der Waals surface area contributed by atoms with Gasteiger partial charge in [0, 0.05) is 24.8 Å². The smallest absolute Gasteiger partial charge is 0.333 e. The lowest BCUT2D eigenvalue weighted by Gasteiger charge is -2.41. The van der Waals surface area contributed by atoms with Gasteiger partial charge in [0.05, 0.1) is 12.9 Å². The molecule has 0 radical (unpaired) electrons. The first-order valence-corrected chi connectivity index (χ1v) is 14.9. The Bertz CT molecular complexity index is 846. The second-order valence-electron chi connectivity index (χ2n) is 11.2. The third-order valence-corrected chi connectivity index (χ3v) is 11.5. The SMILES string of the molecule is C=C(/C=C(\C)[C@@H]1C[C@@H](C)C[C@@H](OC(C)=O)[C@H]1CC(=O)/C=C(\C)C(=O)OC)O[Si](C)(C)C(C)(C)C. The van der Waals surface area contributed by atoms with Crippen LogP contribution in [0.4, 0.5) is 0 Å². The molecule has 0 aromatic heterocycles. The highest BCUT2D eigenvalue weighted by atomic mass is 28.4. The first-order valence-electron chi connectivity index (χ1n) is 12.0. The molecule has 1 aliphatic rings. The van der Waals surface area contributed by atoms with E-state index in [1.807, 2.05) is 13.0 Å². The number of ketones is 1. The Labute approximate surface area is 206 Å². The Balaban J connectivity index is 3.25. The van der Waals surface area contributed by atoms with Crippen LogP contribution in [0.3, 0.4) is 0 Å². The van der Waals surface area contributed by atoms with Crippen LogP contribution in [0.15, 0.2) is 35.6 Å². The third kappa shape index (κ3) is 8.57. The second-order valence-corrected chi connectivity index (χ2v) is 15.9. The molecular formula is C27H44O6Si.